The lowest BCUT2D eigenvalue weighted by molar-refractivity contribution is -0.384. The fourth-order valence-electron chi connectivity index (χ4n) is 2.50. The van der Waals surface area contributed by atoms with Gasteiger partial charge in [0.15, 0.2) is 0 Å². The highest BCUT2D eigenvalue weighted by Gasteiger charge is 2.31. The van der Waals surface area contributed by atoms with E-state index >= 15 is 0 Å². The van der Waals surface area contributed by atoms with E-state index in [9.17, 15) is 10.1 Å². The molecule has 7 nitrogen and oxygen atoms in total. The number of hydrogen-bond acceptors (Lipinski definition) is 5. The van der Waals surface area contributed by atoms with Crippen molar-refractivity contribution in [1.29, 1.82) is 0 Å². The molecule has 1 aliphatic heterocycles. The van der Waals surface area contributed by atoms with Gasteiger partial charge in [-0.2, -0.15) is 5.10 Å². The number of anilines is 1. The van der Waals surface area contributed by atoms with Crippen molar-refractivity contribution in [3.8, 4) is 0 Å². The molecule has 1 atom stereocenters. The third kappa shape index (κ3) is 2.05. The molecule has 2 N–H and O–H groups in total. The van der Waals surface area contributed by atoms with Crippen molar-refractivity contribution in [3.05, 3.63) is 15.8 Å². The summed E-state index contributed by atoms with van der Waals surface area (Å²) in [5.74, 6) is 0.174. The zero-order valence-corrected chi connectivity index (χ0v) is 11.0. The van der Waals surface area contributed by atoms with Gasteiger partial charge in [0, 0.05) is 19.1 Å². The fraction of sp³-hybridized carbons (Fsp3) is 0.727. The van der Waals surface area contributed by atoms with Gasteiger partial charge in [-0.25, -0.2) is 4.68 Å². The Morgan fingerprint density at radius 2 is 2.22 bits per heavy atom. The molecule has 0 aliphatic carbocycles. The molecule has 1 unspecified atom stereocenters. The molecule has 0 bridgehead atoms. The molecule has 18 heavy (non-hydrogen) atoms. The monoisotopic (exact) mass is 253 g/mol. The Balaban J connectivity index is 2.26. The summed E-state index contributed by atoms with van der Waals surface area (Å²) in [6.07, 6.45) is 0.931. The largest absolute Gasteiger partial charge is 0.378 e. The smallest absolute Gasteiger partial charge is 0.333 e. The first kappa shape index (κ1) is 12.8. The van der Waals surface area contributed by atoms with Crippen molar-refractivity contribution in [2.45, 2.75) is 39.3 Å². The highest BCUT2D eigenvalue weighted by Crippen LogP contribution is 2.31. The van der Waals surface area contributed by atoms with Crippen molar-refractivity contribution in [2.24, 2.45) is 0 Å². The number of nitrogens with two attached hydrogens (primary N) is 1. The van der Waals surface area contributed by atoms with Crippen LogP contribution in [0.1, 0.15) is 32.0 Å². The quantitative estimate of drug-likeness (QED) is 0.648. The van der Waals surface area contributed by atoms with Crippen molar-refractivity contribution < 1.29 is 4.92 Å². The van der Waals surface area contributed by atoms with E-state index < -0.39 is 4.92 Å². The second kappa shape index (κ2) is 4.56. The van der Waals surface area contributed by atoms with Crippen LogP contribution in [0.2, 0.25) is 0 Å². The minimum atomic E-state index is -0.455. The topological polar surface area (TPSA) is 90.2 Å². The van der Waals surface area contributed by atoms with E-state index in [1.54, 1.807) is 11.6 Å². The molecule has 1 aromatic heterocycles. The molecular weight excluding hydrogens is 234 g/mol. The second-order valence-corrected chi connectivity index (χ2v) is 5.05. The maximum Gasteiger partial charge on any atom is 0.333 e. The van der Waals surface area contributed by atoms with E-state index in [0.717, 1.165) is 19.5 Å². The van der Waals surface area contributed by atoms with Crippen molar-refractivity contribution in [2.75, 3.05) is 18.8 Å². The molecule has 100 valence electrons. The van der Waals surface area contributed by atoms with Crippen LogP contribution in [0, 0.1) is 17.0 Å². The van der Waals surface area contributed by atoms with Crippen LogP contribution in [-0.4, -0.2) is 38.7 Å². The molecule has 7 heteroatoms. The number of nitrogen functional groups attached to an aromatic ring is 1. The van der Waals surface area contributed by atoms with Crippen LogP contribution in [0.15, 0.2) is 0 Å². The normalized spacial score (nSPS) is 20.8. The molecule has 1 saturated heterocycles. The summed E-state index contributed by atoms with van der Waals surface area (Å²) >= 11 is 0. The molecule has 2 rings (SSSR count). The van der Waals surface area contributed by atoms with Gasteiger partial charge in [0.25, 0.3) is 0 Å². The molecule has 2 heterocycles. The SMILES string of the molecule is Cc1nn(C2CCN(C(C)C)C2)c(N)c1[N+](=O)[O-]. The van der Waals surface area contributed by atoms with Crippen molar-refractivity contribution >= 4 is 11.5 Å². The van der Waals surface area contributed by atoms with E-state index in [-0.39, 0.29) is 17.5 Å². The molecule has 1 aromatic rings. The number of rotatable bonds is 3. The van der Waals surface area contributed by atoms with Gasteiger partial charge in [-0.3, -0.25) is 15.0 Å². The Kier molecular flexibility index (Phi) is 3.25. The van der Waals surface area contributed by atoms with Crippen LogP contribution in [0.5, 0.6) is 0 Å². The summed E-state index contributed by atoms with van der Waals surface area (Å²) in [4.78, 5) is 12.8. The van der Waals surface area contributed by atoms with Crippen LogP contribution < -0.4 is 5.73 Å². The molecule has 1 fully saturated rings. The van der Waals surface area contributed by atoms with E-state index in [0.29, 0.717) is 11.7 Å². The first-order valence-electron chi connectivity index (χ1n) is 6.14. The highest BCUT2D eigenvalue weighted by atomic mass is 16.6. The number of aryl methyl sites for hydroxylation is 1. The van der Waals surface area contributed by atoms with Gasteiger partial charge in [-0.05, 0) is 27.2 Å². The second-order valence-electron chi connectivity index (χ2n) is 5.05. The average Bonchev–Trinajstić information content (AvgIpc) is 2.83. The number of aromatic nitrogens is 2. The number of nitrogens with zero attached hydrogens (tertiary/aromatic N) is 4. The average molecular weight is 253 g/mol. The Morgan fingerprint density at radius 3 is 2.67 bits per heavy atom. The van der Waals surface area contributed by atoms with Crippen LogP contribution in [0.4, 0.5) is 11.5 Å². The Hall–Kier alpha value is -1.63. The Bertz CT molecular complexity index is 468. The zero-order valence-electron chi connectivity index (χ0n) is 11.0. The van der Waals surface area contributed by atoms with Gasteiger partial charge < -0.3 is 5.73 Å². The predicted octanol–water partition coefficient (Wildman–Crippen LogP) is 1.34. The summed E-state index contributed by atoms with van der Waals surface area (Å²) in [6, 6.07) is 0.614. The van der Waals surface area contributed by atoms with E-state index in [1.165, 1.54) is 0 Å². The molecule has 0 radical (unpaired) electrons. The standard InChI is InChI=1S/C11H19N5O2/c1-7(2)14-5-4-9(6-14)15-11(12)10(16(17)18)8(3)13-15/h7,9H,4-6,12H2,1-3H3. The van der Waals surface area contributed by atoms with E-state index in [2.05, 4.69) is 23.8 Å². The van der Waals surface area contributed by atoms with Gasteiger partial charge in [-0.1, -0.05) is 0 Å². The first-order chi connectivity index (χ1) is 8.41. The van der Waals surface area contributed by atoms with Crippen LogP contribution >= 0.6 is 0 Å². The highest BCUT2D eigenvalue weighted by molar-refractivity contribution is 5.56. The molecule has 0 spiro atoms. The first-order valence-corrected chi connectivity index (χ1v) is 6.14. The minimum Gasteiger partial charge on any atom is -0.378 e. The summed E-state index contributed by atoms with van der Waals surface area (Å²) in [7, 11) is 0. The maximum absolute atomic E-state index is 10.9. The lowest BCUT2D eigenvalue weighted by Crippen LogP contribution is -2.29. The third-order valence-corrected chi connectivity index (χ3v) is 3.54. The Morgan fingerprint density at radius 1 is 1.56 bits per heavy atom. The number of nitro groups is 1. The van der Waals surface area contributed by atoms with Gasteiger partial charge >= 0.3 is 5.69 Å². The summed E-state index contributed by atoms with van der Waals surface area (Å²) in [5, 5.41) is 15.1. The van der Waals surface area contributed by atoms with Gasteiger partial charge in [0.05, 0.1) is 11.0 Å². The lowest BCUT2D eigenvalue weighted by atomic mass is 10.2. The maximum atomic E-state index is 10.9. The van der Waals surface area contributed by atoms with E-state index in [1.807, 2.05) is 0 Å². The van der Waals surface area contributed by atoms with Crippen molar-refractivity contribution in [3.63, 3.8) is 0 Å². The van der Waals surface area contributed by atoms with Crippen LogP contribution in [-0.2, 0) is 0 Å². The van der Waals surface area contributed by atoms with Gasteiger partial charge in [-0.15, -0.1) is 0 Å². The summed E-state index contributed by atoms with van der Waals surface area (Å²) in [5.41, 5.74) is 6.18. The van der Waals surface area contributed by atoms with Crippen LogP contribution in [0.3, 0.4) is 0 Å². The number of hydrogen-bond donors (Lipinski definition) is 1. The fourth-order valence-corrected chi connectivity index (χ4v) is 2.50. The van der Waals surface area contributed by atoms with Crippen LogP contribution in [0.25, 0.3) is 0 Å². The third-order valence-electron chi connectivity index (χ3n) is 3.54. The molecule has 1 aliphatic rings. The van der Waals surface area contributed by atoms with E-state index in [4.69, 9.17) is 5.73 Å². The summed E-state index contributed by atoms with van der Waals surface area (Å²) < 4.78 is 1.62. The number of likely N-dealkylation sites (tertiary alicyclic amines) is 1. The molecule has 0 saturated carbocycles. The minimum absolute atomic E-state index is 0.0574. The summed E-state index contributed by atoms with van der Waals surface area (Å²) in [6.45, 7) is 7.74. The molecular formula is C11H19N5O2. The van der Waals surface area contributed by atoms with Gasteiger partial charge in [0.1, 0.15) is 5.69 Å². The molecule has 0 aromatic carbocycles. The van der Waals surface area contributed by atoms with Crippen molar-refractivity contribution in [1.82, 2.24) is 14.7 Å². The molecule has 0 amide bonds. The predicted molar refractivity (Wildman–Crippen MR) is 68.4 cm³/mol. The van der Waals surface area contributed by atoms with Gasteiger partial charge in [0.2, 0.25) is 5.82 Å². The zero-order chi connectivity index (χ0) is 13.4. The Labute approximate surface area is 106 Å². The lowest BCUT2D eigenvalue weighted by Gasteiger charge is -2.20.